The smallest absolute Gasteiger partial charge is 0.233 e. The molecule has 4 heteroatoms. The van der Waals surface area contributed by atoms with Crippen LogP contribution in [-0.4, -0.2) is 30.9 Å². The van der Waals surface area contributed by atoms with Crippen molar-refractivity contribution in [3.8, 4) is 0 Å². The minimum Gasteiger partial charge on any atom is -0.399 e. The summed E-state index contributed by atoms with van der Waals surface area (Å²) in [7, 11) is 1.68. The van der Waals surface area contributed by atoms with Gasteiger partial charge >= 0.3 is 0 Å². The van der Waals surface area contributed by atoms with E-state index in [-0.39, 0.29) is 5.91 Å². The number of anilines is 1. The van der Waals surface area contributed by atoms with Crippen molar-refractivity contribution in [2.75, 3.05) is 25.9 Å². The number of carbonyl (C=O) groups is 1. The standard InChI is InChI=1S/C14H21N3O/c1-3-17(9-14(18)16-2)13-7-4-10-8-11(15)5-6-12(10)13/h5-6,8,13H,3-4,7,9,15H2,1-2H3,(H,16,18). The summed E-state index contributed by atoms with van der Waals surface area (Å²) in [6, 6.07) is 6.46. The number of aryl methyl sites for hydroxylation is 1. The van der Waals surface area contributed by atoms with E-state index in [9.17, 15) is 4.79 Å². The SMILES string of the molecule is CCN(CC(=O)NC)C1CCc2cc(N)ccc21. The normalized spacial score (nSPS) is 17.8. The number of fused-ring (bicyclic) bond motifs is 1. The largest absolute Gasteiger partial charge is 0.399 e. The van der Waals surface area contributed by atoms with Gasteiger partial charge in [0.05, 0.1) is 6.54 Å². The van der Waals surface area contributed by atoms with E-state index in [2.05, 4.69) is 29.3 Å². The van der Waals surface area contributed by atoms with Gasteiger partial charge in [0, 0.05) is 18.8 Å². The summed E-state index contributed by atoms with van der Waals surface area (Å²) < 4.78 is 0. The first-order chi connectivity index (χ1) is 8.65. The number of hydrogen-bond acceptors (Lipinski definition) is 3. The van der Waals surface area contributed by atoms with Gasteiger partial charge < -0.3 is 11.1 Å². The lowest BCUT2D eigenvalue weighted by atomic mass is 10.1. The highest BCUT2D eigenvalue weighted by molar-refractivity contribution is 5.77. The number of nitrogens with one attached hydrogen (secondary N) is 1. The Bertz CT molecular complexity index is 445. The van der Waals surface area contributed by atoms with Crippen molar-refractivity contribution in [1.29, 1.82) is 0 Å². The Morgan fingerprint density at radius 2 is 2.33 bits per heavy atom. The van der Waals surface area contributed by atoms with Crippen LogP contribution in [0.4, 0.5) is 5.69 Å². The third-order valence-corrected chi connectivity index (χ3v) is 3.69. The first-order valence-electron chi connectivity index (χ1n) is 6.48. The molecular formula is C14H21N3O. The van der Waals surface area contributed by atoms with Crippen LogP contribution in [0.1, 0.15) is 30.5 Å². The van der Waals surface area contributed by atoms with Crippen molar-refractivity contribution in [2.45, 2.75) is 25.8 Å². The lowest BCUT2D eigenvalue weighted by molar-refractivity contribution is -0.122. The maximum atomic E-state index is 11.5. The minimum absolute atomic E-state index is 0.0701. The fourth-order valence-electron chi connectivity index (χ4n) is 2.70. The predicted molar refractivity (Wildman–Crippen MR) is 73.2 cm³/mol. The van der Waals surface area contributed by atoms with Crippen LogP contribution in [0.2, 0.25) is 0 Å². The molecule has 0 radical (unpaired) electrons. The molecule has 1 atom stereocenters. The fraction of sp³-hybridized carbons (Fsp3) is 0.500. The molecule has 1 amide bonds. The van der Waals surface area contributed by atoms with Crippen molar-refractivity contribution in [3.05, 3.63) is 29.3 Å². The molecule has 1 aromatic rings. The summed E-state index contributed by atoms with van der Waals surface area (Å²) in [5, 5.41) is 2.69. The van der Waals surface area contributed by atoms with E-state index in [1.54, 1.807) is 7.05 Å². The van der Waals surface area contributed by atoms with Crippen LogP contribution in [0.3, 0.4) is 0 Å². The summed E-state index contributed by atoms with van der Waals surface area (Å²) in [6.45, 7) is 3.43. The molecule has 0 heterocycles. The summed E-state index contributed by atoms with van der Waals surface area (Å²) in [5.41, 5.74) is 9.29. The Labute approximate surface area is 108 Å². The monoisotopic (exact) mass is 247 g/mol. The molecule has 0 saturated heterocycles. The van der Waals surface area contributed by atoms with Gasteiger partial charge in [-0.05, 0) is 42.6 Å². The molecule has 4 nitrogen and oxygen atoms in total. The van der Waals surface area contributed by atoms with Gasteiger partial charge in [-0.1, -0.05) is 13.0 Å². The molecule has 3 N–H and O–H groups in total. The van der Waals surface area contributed by atoms with Gasteiger partial charge in [0.15, 0.2) is 0 Å². The van der Waals surface area contributed by atoms with E-state index in [0.717, 1.165) is 25.1 Å². The molecule has 0 saturated carbocycles. The second-order valence-electron chi connectivity index (χ2n) is 4.75. The summed E-state index contributed by atoms with van der Waals surface area (Å²) in [4.78, 5) is 13.8. The predicted octanol–water partition coefficient (Wildman–Crippen LogP) is 1.32. The number of nitrogens with zero attached hydrogens (tertiary/aromatic N) is 1. The summed E-state index contributed by atoms with van der Waals surface area (Å²) in [6.07, 6.45) is 2.12. The van der Waals surface area contributed by atoms with E-state index in [1.807, 2.05) is 6.07 Å². The Morgan fingerprint density at radius 3 is 3.00 bits per heavy atom. The number of carbonyl (C=O) groups excluding carboxylic acids is 1. The third-order valence-electron chi connectivity index (χ3n) is 3.69. The first kappa shape index (κ1) is 12.9. The Kier molecular flexibility index (Phi) is 3.87. The molecule has 0 fully saturated rings. The van der Waals surface area contributed by atoms with Gasteiger partial charge in [-0.2, -0.15) is 0 Å². The number of likely N-dealkylation sites (N-methyl/N-ethyl adjacent to an activating group) is 2. The number of benzene rings is 1. The molecule has 1 aliphatic rings. The highest BCUT2D eigenvalue weighted by Gasteiger charge is 2.27. The number of amides is 1. The molecule has 0 aromatic heterocycles. The maximum absolute atomic E-state index is 11.5. The lowest BCUT2D eigenvalue weighted by Crippen LogP contribution is -2.37. The Balaban J connectivity index is 2.18. The zero-order valence-corrected chi connectivity index (χ0v) is 11.1. The zero-order chi connectivity index (χ0) is 13.1. The van der Waals surface area contributed by atoms with Gasteiger partial charge in [-0.15, -0.1) is 0 Å². The second-order valence-corrected chi connectivity index (χ2v) is 4.75. The number of rotatable bonds is 4. The average Bonchev–Trinajstić information content (AvgIpc) is 2.78. The highest BCUT2D eigenvalue weighted by Crippen LogP contribution is 2.36. The highest BCUT2D eigenvalue weighted by atomic mass is 16.1. The number of hydrogen-bond donors (Lipinski definition) is 2. The van der Waals surface area contributed by atoms with Crippen LogP contribution in [-0.2, 0) is 11.2 Å². The van der Waals surface area contributed by atoms with Crippen LogP contribution < -0.4 is 11.1 Å². The zero-order valence-electron chi connectivity index (χ0n) is 11.1. The molecule has 98 valence electrons. The fourth-order valence-corrected chi connectivity index (χ4v) is 2.70. The molecule has 2 rings (SSSR count). The topological polar surface area (TPSA) is 58.4 Å². The molecule has 1 aliphatic carbocycles. The second kappa shape index (κ2) is 5.40. The lowest BCUT2D eigenvalue weighted by Gasteiger charge is -2.27. The molecule has 1 unspecified atom stereocenters. The molecule has 0 bridgehead atoms. The van der Waals surface area contributed by atoms with Crippen molar-refractivity contribution in [2.24, 2.45) is 0 Å². The molecule has 1 aromatic carbocycles. The summed E-state index contributed by atoms with van der Waals surface area (Å²) in [5.74, 6) is 0.0701. The maximum Gasteiger partial charge on any atom is 0.233 e. The van der Waals surface area contributed by atoms with E-state index in [4.69, 9.17) is 5.73 Å². The van der Waals surface area contributed by atoms with Crippen LogP contribution in [0, 0.1) is 0 Å². The van der Waals surface area contributed by atoms with Gasteiger partial charge in [0.1, 0.15) is 0 Å². The van der Waals surface area contributed by atoms with Crippen molar-refractivity contribution >= 4 is 11.6 Å². The molecule has 18 heavy (non-hydrogen) atoms. The van der Waals surface area contributed by atoms with Crippen molar-refractivity contribution < 1.29 is 4.79 Å². The molecular weight excluding hydrogens is 226 g/mol. The Morgan fingerprint density at radius 1 is 1.56 bits per heavy atom. The van der Waals surface area contributed by atoms with Gasteiger partial charge in [0.2, 0.25) is 5.91 Å². The van der Waals surface area contributed by atoms with E-state index < -0.39 is 0 Å². The average molecular weight is 247 g/mol. The minimum atomic E-state index is 0.0701. The van der Waals surface area contributed by atoms with Gasteiger partial charge in [0.25, 0.3) is 0 Å². The van der Waals surface area contributed by atoms with Crippen LogP contribution in [0.5, 0.6) is 0 Å². The van der Waals surface area contributed by atoms with Crippen molar-refractivity contribution in [1.82, 2.24) is 10.2 Å². The van der Waals surface area contributed by atoms with Gasteiger partial charge in [-0.3, -0.25) is 9.69 Å². The number of nitrogen functional groups attached to an aromatic ring is 1. The van der Waals surface area contributed by atoms with E-state index in [0.29, 0.717) is 12.6 Å². The van der Waals surface area contributed by atoms with Crippen LogP contribution >= 0.6 is 0 Å². The first-order valence-corrected chi connectivity index (χ1v) is 6.48. The van der Waals surface area contributed by atoms with Crippen LogP contribution in [0.25, 0.3) is 0 Å². The third kappa shape index (κ3) is 2.48. The summed E-state index contributed by atoms with van der Waals surface area (Å²) >= 11 is 0. The van der Waals surface area contributed by atoms with E-state index in [1.165, 1.54) is 11.1 Å². The van der Waals surface area contributed by atoms with Crippen LogP contribution in [0.15, 0.2) is 18.2 Å². The Hall–Kier alpha value is -1.55. The van der Waals surface area contributed by atoms with Crippen molar-refractivity contribution in [3.63, 3.8) is 0 Å². The quantitative estimate of drug-likeness (QED) is 0.789. The number of nitrogens with two attached hydrogens (primary N) is 1. The molecule has 0 aliphatic heterocycles. The van der Waals surface area contributed by atoms with Gasteiger partial charge in [-0.25, -0.2) is 0 Å². The molecule has 0 spiro atoms. The van der Waals surface area contributed by atoms with E-state index >= 15 is 0 Å².